The van der Waals surface area contributed by atoms with Gasteiger partial charge in [-0.3, -0.25) is 4.98 Å². The molecule has 0 radical (unpaired) electrons. The third-order valence-corrected chi connectivity index (χ3v) is 5.37. The molecular formula is C23H20Cl3N3O2. The van der Waals surface area contributed by atoms with Gasteiger partial charge in [-0.05, 0) is 42.3 Å². The summed E-state index contributed by atoms with van der Waals surface area (Å²) < 4.78 is 6.15. The number of pyridine rings is 1. The van der Waals surface area contributed by atoms with Gasteiger partial charge in [-0.15, -0.1) is 0 Å². The molecule has 0 fully saturated rings. The third kappa shape index (κ3) is 4.96. The second-order valence-corrected chi connectivity index (χ2v) is 9.45. The lowest BCUT2D eigenvalue weighted by Crippen LogP contribution is -2.14. The minimum atomic E-state index is -1.73. The van der Waals surface area contributed by atoms with E-state index in [1.165, 1.54) is 0 Å². The zero-order chi connectivity index (χ0) is 22.0. The van der Waals surface area contributed by atoms with Crippen molar-refractivity contribution < 1.29 is 9.84 Å². The highest BCUT2D eigenvalue weighted by Gasteiger charge is 2.31. The maximum absolute atomic E-state index is 9.56. The number of halogens is 3. The molecule has 0 saturated heterocycles. The van der Waals surface area contributed by atoms with E-state index < -0.39 is 3.79 Å². The Morgan fingerprint density at radius 1 is 0.968 bits per heavy atom. The molecule has 0 aliphatic heterocycles. The van der Waals surface area contributed by atoms with Crippen LogP contribution < -0.4 is 4.74 Å². The number of rotatable bonds is 6. The van der Waals surface area contributed by atoms with E-state index in [-0.39, 0.29) is 12.4 Å². The number of hydrogen-bond acceptors (Lipinski definition) is 4. The average molecular weight is 477 g/mol. The number of aliphatic hydroxyl groups excluding tert-OH is 1. The number of aryl methyl sites for hydroxylation is 1. The molecule has 0 aliphatic rings. The number of hydrogen-bond donors (Lipinski definition) is 1. The Balaban J connectivity index is 1.75. The van der Waals surface area contributed by atoms with Gasteiger partial charge in [0.2, 0.25) is 3.79 Å². The predicted molar refractivity (Wildman–Crippen MR) is 124 cm³/mol. The van der Waals surface area contributed by atoms with Gasteiger partial charge in [0.05, 0.1) is 24.2 Å². The standard InChI is InChI=1S/C23H20Cl3N3O2/c1-15-7-10-21(31-14-16-5-3-2-4-6-16)19(27-15)12-29-20-11-17(13-30)8-9-18(20)28-22(29)23(24,25)26/h2-11,30H,12-14H2,1H3. The van der Waals surface area contributed by atoms with Gasteiger partial charge in [0.15, 0.2) is 5.82 Å². The van der Waals surface area contributed by atoms with Crippen LogP contribution in [0.1, 0.15) is 28.3 Å². The normalized spacial score (nSPS) is 11.8. The molecule has 2 aromatic heterocycles. The van der Waals surface area contributed by atoms with Crippen LogP contribution in [0.5, 0.6) is 5.75 Å². The molecule has 4 aromatic rings. The summed E-state index contributed by atoms with van der Waals surface area (Å²) in [5.41, 5.74) is 4.74. The van der Waals surface area contributed by atoms with Crippen molar-refractivity contribution in [1.29, 1.82) is 0 Å². The van der Waals surface area contributed by atoms with Gasteiger partial charge in [-0.25, -0.2) is 4.98 Å². The summed E-state index contributed by atoms with van der Waals surface area (Å²) in [6.07, 6.45) is 0. The minimum Gasteiger partial charge on any atom is -0.487 e. The second kappa shape index (κ2) is 9.05. The van der Waals surface area contributed by atoms with Crippen molar-refractivity contribution >= 4 is 45.8 Å². The Morgan fingerprint density at radius 2 is 1.74 bits per heavy atom. The zero-order valence-corrected chi connectivity index (χ0v) is 19.0. The number of ether oxygens (including phenoxy) is 1. The lowest BCUT2D eigenvalue weighted by atomic mass is 10.2. The largest absolute Gasteiger partial charge is 0.487 e. The summed E-state index contributed by atoms with van der Waals surface area (Å²) in [7, 11) is 0. The molecule has 1 N–H and O–H groups in total. The van der Waals surface area contributed by atoms with Crippen molar-refractivity contribution in [2.45, 2.75) is 30.5 Å². The molecule has 2 aromatic carbocycles. The molecule has 0 bridgehead atoms. The van der Waals surface area contributed by atoms with E-state index in [0.29, 0.717) is 30.1 Å². The molecule has 0 aliphatic carbocycles. The number of aliphatic hydroxyl groups is 1. The SMILES string of the molecule is Cc1ccc(OCc2ccccc2)c(Cn2c(C(Cl)(Cl)Cl)nc3ccc(CO)cc32)n1. The van der Waals surface area contributed by atoms with Crippen molar-refractivity contribution in [2.75, 3.05) is 0 Å². The number of benzene rings is 2. The Labute approximate surface area is 195 Å². The van der Waals surface area contributed by atoms with Gasteiger partial charge in [0, 0.05) is 5.69 Å². The average Bonchev–Trinajstić information content (AvgIpc) is 3.12. The monoisotopic (exact) mass is 475 g/mol. The minimum absolute atomic E-state index is 0.0989. The Kier molecular flexibility index (Phi) is 6.39. The lowest BCUT2D eigenvalue weighted by Gasteiger charge is -2.17. The molecule has 0 amide bonds. The van der Waals surface area contributed by atoms with Crippen LogP contribution in [0.2, 0.25) is 0 Å². The molecule has 5 nitrogen and oxygen atoms in total. The van der Waals surface area contributed by atoms with Crippen molar-refractivity contribution in [2.24, 2.45) is 0 Å². The van der Waals surface area contributed by atoms with Crippen molar-refractivity contribution in [3.05, 3.63) is 89.0 Å². The molecule has 160 valence electrons. The van der Waals surface area contributed by atoms with Crippen LogP contribution in [0.3, 0.4) is 0 Å². The first kappa shape index (κ1) is 21.9. The number of imidazole rings is 1. The summed E-state index contributed by atoms with van der Waals surface area (Å²) in [4.78, 5) is 9.20. The maximum atomic E-state index is 9.56. The highest BCUT2D eigenvalue weighted by molar-refractivity contribution is 6.66. The molecule has 0 spiro atoms. The second-order valence-electron chi connectivity index (χ2n) is 7.17. The number of nitrogens with zero attached hydrogens (tertiary/aromatic N) is 3. The molecular weight excluding hydrogens is 457 g/mol. The molecule has 4 rings (SSSR count). The van der Waals surface area contributed by atoms with E-state index in [1.807, 2.05) is 55.5 Å². The Morgan fingerprint density at radius 3 is 2.45 bits per heavy atom. The van der Waals surface area contributed by atoms with Crippen molar-refractivity contribution in [3.8, 4) is 5.75 Å². The predicted octanol–water partition coefficient (Wildman–Crippen LogP) is 5.69. The van der Waals surface area contributed by atoms with Crippen molar-refractivity contribution in [1.82, 2.24) is 14.5 Å². The van der Waals surface area contributed by atoms with E-state index in [2.05, 4.69) is 9.97 Å². The highest BCUT2D eigenvalue weighted by Crippen LogP contribution is 2.39. The van der Waals surface area contributed by atoms with E-state index in [1.54, 1.807) is 16.7 Å². The summed E-state index contributed by atoms with van der Waals surface area (Å²) in [5, 5.41) is 9.56. The number of aromatic nitrogens is 3. The zero-order valence-electron chi connectivity index (χ0n) is 16.7. The first-order chi connectivity index (χ1) is 14.8. The van der Waals surface area contributed by atoms with Crippen LogP contribution in [0.25, 0.3) is 11.0 Å². The van der Waals surface area contributed by atoms with E-state index in [4.69, 9.17) is 39.5 Å². The van der Waals surface area contributed by atoms with Gasteiger partial charge >= 0.3 is 0 Å². The quantitative estimate of drug-likeness (QED) is 0.363. The van der Waals surface area contributed by atoms with Gasteiger partial charge < -0.3 is 14.4 Å². The van der Waals surface area contributed by atoms with E-state index in [9.17, 15) is 5.11 Å². The number of fused-ring (bicyclic) bond motifs is 1. The van der Waals surface area contributed by atoms with Crippen LogP contribution >= 0.6 is 34.8 Å². The molecule has 0 atom stereocenters. The molecule has 31 heavy (non-hydrogen) atoms. The van der Waals surface area contributed by atoms with Crippen molar-refractivity contribution in [3.63, 3.8) is 0 Å². The summed E-state index contributed by atoms with van der Waals surface area (Å²) in [5.74, 6) is 0.921. The van der Waals surface area contributed by atoms with Gasteiger partial charge in [0.1, 0.15) is 18.1 Å². The smallest absolute Gasteiger partial charge is 0.248 e. The maximum Gasteiger partial charge on any atom is 0.248 e. The fourth-order valence-electron chi connectivity index (χ4n) is 3.37. The molecule has 8 heteroatoms. The van der Waals surface area contributed by atoms with Crippen LogP contribution in [0.15, 0.2) is 60.7 Å². The first-order valence-corrected chi connectivity index (χ1v) is 10.8. The highest BCUT2D eigenvalue weighted by atomic mass is 35.6. The van der Waals surface area contributed by atoms with Gasteiger partial charge in [-0.1, -0.05) is 71.2 Å². The van der Waals surface area contributed by atoms with Crippen LogP contribution in [0, 0.1) is 6.92 Å². The summed E-state index contributed by atoms with van der Waals surface area (Å²) in [6, 6.07) is 19.1. The van der Waals surface area contributed by atoms with E-state index >= 15 is 0 Å². The van der Waals surface area contributed by atoms with Gasteiger partial charge in [0.25, 0.3) is 0 Å². The Bertz CT molecular complexity index is 1200. The third-order valence-electron chi connectivity index (χ3n) is 4.87. The van der Waals surface area contributed by atoms with Crippen LogP contribution in [-0.4, -0.2) is 19.6 Å². The molecule has 0 unspecified atom stereocenters. The summed E-state index contributed by atoms with van der Waals surface area (Å²) in [6.45, 7) is 2.52. The fourth-order valence-corrected chi connectivity index (χ4v) is 3.80. The first-order valence-electron chi connectivity index (χ1n) is 9.65. The topological polar surface area (TPSA) is 60.2 Å². The molecule has 0 saturated carbocycles. The van der Waals surface area contributed by atoms with Gasteiger partial charge in [-0.2, -0.15) is 0 Å². The molecule has 2 heterocycles. The van der Waals surface area contributed by atoms with E-state index in [0.717, 1.165) is 22.3 Å². The number of alkyl halides is 3. The fraction of sp³-hybridized carbons (Fsp3) is 0.217. The Hall–Kier alpha value is -2.31. The summed E-state index contributed by atoms with van der Waals surface area (Å²) >= 11 is 18.7. The van der Waals surface area contributed by atoms with Crippen LogP contribution in [-0.2, 0) is 23.6 Å². The lowest BCUT2D eigenvalue weighted by molar-refractivity contribution is 0.282. The van der Waals surface area contributed by atoms with Crippen LogP contribution in [0.4, 0.5) is 0 Å².